The molecule has 0 spiro atoms. The lowest BCUT2D eigenvalue weighted by Crippen LogP contribution is -2.14. The second kappa shape index (κ2) is 6.23. The van der Waals surface area contributed by atoms with Gasteiger partial charge in [-0.25, -0.2) is 4.98 Å². The number of hydrogen-bond donors (Lipinski definition) is 2. The van der Waals surface area contributed by atoms with Crippen molar-refractivity contribution in [3.8, 4) is 22.8 Å². The summed E-state index contributed by atoms with van der Waals surface area (Å²) >= 11 is 0. The van der Waals surface area contributed by atoms with Crippen molar-refractivity contribution in [1.29, 1.82) is 0 Å². The van der Waals surface area contributed by atoms with Gasteiger partial charge in [-0.1, -0.05) is 30.3 Å². The number of nitrogens with two attached hydrogens (primary N) is 1. The first-order chi connectivity index (χ1) is 13.7. The third-order valence-corrected chi connectivity index (χ3v) is 4.31. The van der Waals surface area contributed by atoms with Gasteiger partial charge in [-0.3, -0.25) is 9.89 Å². The molecule has 0 saturated carbocycles. The van der Waals surface area contributed by atoms with Gasteiger partial charge in [0.25, 0.3) is 5.56 Å². The van der Waals surface area contributed by atoms with Gasteiger partial charge in [0, 0.05) is 17.7 Å². The Morgan fingerprint density at radius 1 is 1.04 bits per heavy atom. The highest BCUT2D eigenvalue weighted by atomic mass is 16.7. The Kier molecular flexibility index (Phi) is 3.58. The summed E-state index contributed by atoms with van der Waals surface area (Å²) in [5.41, 5.74) is 8.22. The van der Waals surface area contributed by atoms with E-state index in [0.717, 1.165) is 5.56 Å². The Morgan fingerprint density at radius 3 is 2.71 bits per heavy atom. The normalized spacial score (nSPS) is 12.9. The molecule has 3 N–H and O–H groups in total. The van der Waals surface area contributed by atoms with E-state index >= 15 is 0 Å². The molecule has 0 saturated heterocycles. The van der Waals surface area contributed by atoms with Crippen molar-refractivity contribution in [3.05, 3.63) is 65.0 Å². The standard InChI is InChI=1S/C19H14N6O3/c20-18-17(23-22-12-6-7-14-15(8-12)28-10-27-14)19-21-13(9-16(26)25(19)24-18)11-4-2-1-3-5-11/h1-9,24H,10,20H2. The molecule has 0 aliphatic carbocycles. The minimum Gasteiger partial charge on any atom is -0.454 e. The number of aromatic amines is 1. The molecule has 0 atom stereocenters. The van der Waals surface area contributed by atoms with Crippen LogP contribution in [0.3, 0.4) is 0 Å². The number of H-pyrrole nitrogens is 1. The maximum absolute atomic E-state index is 12.5. The highest BCUT2D eigenvalue weighted by molar-refractivity contribution is 5.77. The zero-order chi connectivity index (χ0) is 19.1. The largest absolute Gasteiger partial charge is 0.454 e. The number of hydrogen-bond acceptors (Lipinski definition) is 7. The molecule has 2 aromatic carbocycles. The highest BCUT2D eigenvalue weighted by Crippen LogP contribution is 2.36. The van der Waals surface area contributed by atoms with Crippen LogP contribution in [0.15, 0.2) is 69.6 Å². The molecule has 5 rings (SSSR count). The van der Waals surface area contributed by atoms with E-state index in [1.807, 2.05) is 30.3 Å². The van der Waals surface area contributed by atoms with Crippen molar-refractivity contribution in [2.75, 3.05) is 12.5 Å². The van der Waals surface area contributed by atoms with E-state index in [4.69, 9.17) is 15.2 Å². The third-order valence-electron chi connectivity index (χ3n) is 4.31. The molecule has 0 unspecified atom stereocenters. The van der Waals surface area contributed by atoms with Gasteiger partial charge in [0.05, 0.1) is 11.4 Å². The van der Waals surface area contributed by atoms with Gasteiger partial charge in [-0.05, 0) is 12.1 Å². The van der Waals surface area contributed by atoms with Crippen LogP contribution < -0.4 is 20.8 Å². The molecule has 9 nitrogen and oxygen atoms in total. The highest BCUT2D eigenvalue weighted by Gasteiger charge is 2.15. The summed E-state index contributed by atoms with van der Waals surface area (Å²) in [6.45, 7) is 0.181. The van der Waals surface area contributed by atoms with Gasteiger partial charge < -0.3 is 15.2 Å². The van der Waals surface area contributed by atoms with Gasteiger partial charge in [0.2, 0.25) is 6.79 Å². The Balaban J connectivity index is 1.60. The van der Waals surface area contributed by atoms with Crippen molar-refractivity contribution in [2.45, 2.75) is 0 Å². The van der Waals surface area contributed by atoms with Crippen molar-refractivity contribution in [2.24, 2.45) is 10.2 Å². The van der Waals surface area contributed by atoms with Crippen molar-refractivity contribution < 1.29 is 9.47 Å². The number of ether oxygens (including phenoxy) is 2. The molecular weight excluding hydrogens is 360 g/mol. The van der Waals surface area contributed by atoms with E-state index in [9.17, 15) is 4.79 Å². The number of anilines is 1. The van der Waals surface area contributed by atoms with Crippen molar-refractivity contribution in [1.82, 2.24) is 14.6 Å². The van der Waals surface area contributed by atoms with E-state index in [-0.39, 0.29) is 23.9 Å². The average Bonchev–Trinajstić information content (AvgIpc) is 3.31. The van der Waals surface area contributed by atoms with Gasteiger partial charge in [-0.2, -0.15) is 9.63 Å². The molecule has 0 amide bonds. The fraction of sp³-hybridized carbons (Fsp3) is 0.0526. The number of aromatic nitrogens is 3. The van der Waals surface area contributed by atoms with Crippen LogP contribution in [-0.4, -0.2) is 21.4 Å². The lowest BCUT2D eigenvalue weighted by molar-refractivity contribution is 0.174. The van der Waals surface area contributed by atoms with Gasteiger partial charge in [-0.15, -0.1) is 5.11 Å². The Bertz CT molecular complexity index is 1280. The van der Waals surface area contributed by atoms with Crippen LogP contribution in [0, 0.1) is 0 Å². The fourth-order valence-electron chi connectivity index (χ4n) is 2.95. The van der Waals surface area contributed by atoms with Crippen LogP contribution in [0.25, 0.3) is 16.9 Å². The summed E-state index contributed by atoms with van der Waals surface area (Å²) in [4.78, 5) is 17.0. The van der Waals surface area contributed by atoms with E-state index in [1.54, 1.807) is 18.2 Å². The van der Waals surface area contributed by atoms with E-state index in [0.29, 0.717) is 28.5 Å². The van der Waals surface area contributed by atoms with Crippen molar-refractivity contribution >= 4 is 22.8 Å². The molecule has 1 aliphatic heterocycles. The predicted octanol–water partition coefficient (Wildman–Crippen LogP) is 3.42. The molecule has 0 radical (unpaired) electrons. The monoisotopic (exact) mass is 374 g/mol. The zero-order valence-corrected chi connectivity index (χ0v) is 14.5. The minimum atomic E-state index is -0.292. The first-order valence-electron chi connectivity index (χ1n) is 8.47. The summed E-state index contributed by atoms with van der Waals surface area (Å²) in [7, 11) is 0. The number of fused-ring (bicyclic) bond motifs is 2. The second-order valence-corrected chi connectivity index (χ2v) is 6.12. The molecular formula is C19H14N6O3. The number of nitrogens with zero attached hydrogens (tertiary/aromatic N) is 4. The maximum atomic E-state index is 12.5. The lowest BCUT2D eigenvalue weighted by atomic mass is 10.1. The van der Waals surface area contributed by atoms with E-state index < -0.39 is 0 Å². The number of nitrogens with one attached hydrogen (secondary N) is 1. The number of azo groups is 1. The molecule has 0 fully saturated rings. The molecule has 4 aromatic rings. The first kappa shape index (κ1) is 16.1. The summed E-state index contributed by atoms with van der Waals surface area (Å²) in [5.74, 6) is 1.45. The molecule has 0 bridgehead atoms. The first-order valence-corrected chi connectivity index (χ1v) is 8.47. The molecule has 28 heavy (non-hydrogen) atoms. The van der Waals surface area contributed by atoms with Crippen LogP contribution in [0.1, 0.15) is 0 Å². The van der Waals surface area contributed by atoms with Crippen LogP contribution in [0.2, 0.25) is 0 Å². The average molecular weight is 374 g/mol. The summed E-state index contributed by atoms with van der Waals surface area (Å²) < 4.78 is 11.9. The van der Waals surface area contributed by atoms with Gasteiger partial charge in [0.15, 0.2) is 22.8 Å². The predicted molar refractivity (Wildman–Crippen MR) is 102 cm³/mol. The van der Waals surface area contributed by atoms with E-state index in [1.165, 1.54) is 10.6 Å². The molecule has 9 heteroatoms. The van der Waals surface area contributed by atoms with Crippen LogP contribution in [0.4, 0.5) is 17.2 Å². The van der Waals surface area contributed by atoms with Gasteiger partial charge >= 0.3 is 0 Å². The molecule has 1 aliphatic rings. The molecule has 3 heterocycles. The minimum absolute atomic E-state index is 0.181. The topological polar surface area (TPSA) is 119 Å². The lowest BCUT2D eigenvalue weighted by Gasteiger charge is -2.01. The zero-order valence-electron chi connectivity index (χ0n) is 14.5. The van der Waals surface area contributed by atoms with Crippen LogP contribution in [0.5, 0.6) is 11.5 Å². The maximum Gasteiger partial charge on any atom is 0.273 e. The Hall–Kier alpha value is -4.14. The molecule has 138 valence electrons. The smallest absolute Gasteiger partial charge is 0.273 e. The summed E-state index contributed by atoms with van der Waals surface area (Å²) in [6.07, 6.45) is 0. The Labute approximate surface area is 158 Å². The summed E-state index contributed by atoms with van der Waals surface area (Å²) in [6, 6.07) is 16.1. The molecule has 2 aromatic heterocycles. The quantitative estimate of drug-likeness (QED) is 0.533. The van der Waals surface area contributed by atoms with Crippen LogP contribution in [-0.2, 0) is 0 Å². The number of rotatable bonds is 3. The Morgan fingerprint density at radius 2 is 1.86 bits per heavy atom. The van der Waals surface area contributed by atoms with Crippen LogP contribution >= 0.6 is 0 Å². The van der Waals surface area contributed by atoms with E-state index in [2.05, 4.69) is 20.3 Å². The fourth-order valence-corrected chi connectivity index (χ4v) is 2.95. The third kappa shape index (κ3) is 2.65. The van der Waals surface area contributed by atoms with Gasteiger partial charge in [0.1, 0.15) is 5.82 Å². The second-order valence-electron chi connectivity index (χ2n) is 6.12. The van der Waals surface area contributed by atoms with Crippen molar-refractivity contribution in [3.63, 3.8) is 0 Å². The number of nitrogen functional groups attached to an aromatic ring is 1. The SMILES string of the molecule is Nc1[nH]n2c(=O)cc(-c3ccccc3)nc2c1N=Nc1ccc2c(c1)OCO2. The number of benzene rings is 2. The summed E-state index contributed by atoms with van der Waals surface area (Å²) in [5, 5.41) is 11.2.